The van der Waals surface area contributed by atoms with Crippen molar-refractivity contribution in [1.29, 1.82) is 0 Å². The number of hydrogen-bond acceptors (Lipinski definition) is 3. The predicted octanol–water partition coefficient (Wildman–Crippen LogP) is 3.55. The van der Waals surface area contributed by atoms with Crippen molar-refractivity contribution in [3.05, 3.63) is 35.9 Å². The average Bonchev–Trinajstić information content (AvgIpc) is 3.05. The fourth-order valence-corrected chi connectivity index (χ4v) is 3.49. The highest BCUT2D eigenvalue weighted by Crippen LogP contribution is 2.28. The number of nitrogens with two attached hydrogens (primary N) is 1. The average molecular weight is 390 g/mol. The van der Waals surface area contributed by atoms with Crippen molar-refractivity contribution in [2.45, 2.75) is 52.1 Å². The minimum absolute atomic E-state index is 0. The third kappa shape index (κ3) is 5.58. The highest BCUT2D eigenvalue weighted by Gasteiger charge is 2.36. The molecule has 0 spiro atoms. The van der Waals surface area contributed by atoms with Crippen LogP contribution < -0.4 is 11.1 Å². The lowest BCUT2D eigenvalue weighted by atomic mass is 9.81. The van der Waals surface area contributed by atoms with Gasteiger partial charge in [0.15, 0.2) is 0 Å². The smallest absolute Gasteiger partial charge is 0.227 e. The van der Waals surface area contributed by atoms with Gasteiger partial charge in [0, 0.05) is 31.7 Å². The van der Waals surface area contributed by atoms with Gasteiger partial charge in [-0.1, -0.05) is 44.2 Å². The first-order valence-corrected chi connectivity index (χ1v) is 8.86. The zero-order valence-electron chi connectivity index (χ0n) is 15.5. The molecule has 3 N–H and O–H groups in total. The summed E-state index contributed by atoms with van der Waals surface area (Å²) in [6, 6.07) is 11.2. The van der Waals surface area contributed by atoms with Gasteiger partial charge in [0.05, 0.1) is 5.41 Å². The van der Waals surface area contributed by atoms with Gasteiger partial charge < -0.3 is 11.1 Å². The normalized spacial score (nSPS) is 18.8. The lowest BCUT2D eigenvalue weighted by Crippen LogP contribution is -2.49. The maximum atomic E-state index is 12.7. The summed E-state index contributed by atoms with van der Waals surface area (Å²) < 4.78 is 0. The van der Waals surface area contributed by atoms with Gasteiger partial charge in [-0.3, -0.25) is 9.69 Å². The van der Waals surface area contributed by atoms with Crippen LogP contribution >= 0.6 is 24.8 Å². The van der Waals surface area contributed by atoms with E-state index in [0.717, 1.165) is 32.4 Å². The summed E-state index contributed by atoms with van der Waals surface area (Å²) in [4.78, 5) is 15.1. The summed E-state index contributed by atoms with van der Waals surface area (Å²) in [7, 11) is 0. The van der Waals surface area contributed by atoms with Crippen LogP contribution in [0, 0.1) is 5.41 Å². The second-order valence-corrected chi connectivity index (χ2v) is 6.73. The van der Waals surface area contributed by atoms with Crippen LogP contribution in [0.1, 0.15) is 51.6 Å². The first-order valence-electron chi connectivity index (χ1n) is 8.86. The Bertz CT molecular complexity index is 500. The molecule has 1 saturated heterocycles. The van der Waals surface area contributed by atoms with E-state index in [-0.39, 0.29) is 36.8 Å². The summed E-state index contributed by atoms with van der Waals surface area (Å²) in [5.41, 5.74) is 6.81. The molecule has 1 aliphatic heterocycles. The Morgan fingerprint density at radius 2 is 1.88 bits per heavy atom. The topological polar surface area (TPSA) is 58.4 Å². The van der Waals surface area contributed by atoms with E-state index in [0.29, 0.717) is 12.6 Å². The number of halogens is 2. The van der Waals surface area contributed by atoms with E-state index in [1.807, 2.05) is 19.9 Å². The molecule has 6 heteroatoms. The van der Waals surface area contributed by atoms with E-state index in [2.05, 4.69) is 41.4 Å². The minimum atomic E-state index is -0.404. The molecule has 2 unspecified atom stereocenters. The van der Waals surface area contributed by atoms with Crippen LogP contribution in [0.4, 0.5) is 0 Å². The third-order valence-corrected chi connectivity index (χ3v) is 5.61. The largest absolute Gasteiger partial charge is 0.352 e. The van der Waals surface area contributed by atoms with E-state index >= 15 is 0 Å². The first kappa shape index (κ1) is 24.2. The second-order valence-electron chi connectivity index (χ2n) is 6.73. The quantitative estimate of drug-likeness (QED) is 0.749. The zero-order chi connectivity index (χ0) is 16.9. The van der Waals surface area contributed by atoms with Crippen LogP contribution in [-0.4, -0.2) is 36.5 Å². The molecule has 1 aromatic carbocycles. The summed E-state index contributed by atoms with van der Waals surface area (Å²) >= 11 is 0. The Balaban J connectivity index is 0.00000288. The summed E-state index contributed by atoms with van der Waals surface area (Å²) in [6.45, 7) is 8.69. The fourth-order valence-electron chi connectivity index (χ4n) is 3.49. The number of rotatable bonds is 7. The molecule has 0 aromatic heterocycles. The van der Waals surface area contributed by atoms with Crippen molar-refractivity contribution in [2.75, 3.05) is 19.6 Å². The lowest BCUT2D eigenvalue weighted by molar-refractivity contribution is -0.131. The summed E-state index contributed by atoms with van der Waals surface area (Å²) in [6.07, 6.45) is 2.60. The SMILES string of the molecule is CCC(CC)(CN)C(=O)NC1CCN(C(C)c2ccccc2)C1.Cl.Cl. The van der Waals surface area contributed by atoms with Crippen LogP contribution in [0.3, 0.4) is 0 Å². The van der Waals surface area contributed by atoms with Crippen molar-refractivity contribution in [2.24, 2.45) is 11.1 Å². The Morgan fingerprint density at radius 1 is 1.28 bits per heavy atom. The van der Waals surface area contributed by atoms with Gasteiger partial charge in [-0.25, -0.2) is 0 Å². The van der Waals surface area contributed by atoms with E-state index in [4.69, 9.17) is 5.73 Å². The van der Waals surface area contributed by atoms with Crippen LogP contribution in [-0.2, 0) is 4.79 Å². The van der Waals surface area contributed by atoms with Gasteiger partial charge >= 0.3 is 0 Å². The van der Waals surface area contributed by atoms with Crippen molar-refractivity contribution in [3.63, 3.8) is 0 Å². The number of nitrogens with one attached hydrogen (secondary N) is 1. The molecule has 2 atom stereocenters. The molecule has 1 fully saturated rings. The highest BCUT2D eigenvalue weighted by atomic mass is 35.5. The lowest BCUT2D eigenvalue weighted by Gasteiger charge is -2.30. The number of amides is 1. The maximum absolute atomic E-state index is 12.7. The van der Waals surface area contributed by atoms with Crippen LogP contribution in [0.25, 0.3) is 0 Å². The van der Waals surface area contributed by atoms with Gasteiger partial charge in [-0.2, -0.15) is 0 Å². The molecule has 1 aliphatic rings. The molecule has 2 rings (SSSR count). The molecule has 1 amide bonds. The standard InChI is InChI=1S/C19H31N3O.2ClH/c1-4-19(5-2,14-20)18(23)21-17-11-12-22(13-17)15(3)16-9-7-6-8-10-16;;/h6-10,15,17H,4-5,11-14,20H2,1-3H3,(H,21,23);2*1H. The molecule has 1 aromatic rings. The van der Waals surface area contributed by atoms with Crippen LogP contribution in [0.5, 0.6) is 0 Å². The number of nitrogens with zero attached hydrogens (tertiary/aromatic N) is 1. The first-order chi connectivity index (χ1) is 11.1. The van der Waals surface area contributed by atoms with E-state index in [1.54, 1.807) is 0 Å². The highest BCUT2D eigenvalue weighted by molar-refractivity contribution is 5.85. The van der Waals surface area contributed by atoms with Crippen molar-refractivity contribution < 1.29 is 4.79 Å². The molecule has 1 heterocycles. The maximum Gasteiger partial charge on any atom is 0.227 e. The van der Waals surface area contributed by atoms with Crippen molar-refractivity contribution in [3.8, 4) is 0 Å². The Hall–Kier alpha value is -0.810. The Kier molecular flexibility index (Phi) is 10.7. The van der Waals surface area contributed by atoms with Gasteiger partial charge in [0.25, 0.3) is 0 Å². The molecule has 144 valence electrons. The summed E-state index contributed by atoms with van der Waals surface area (Å²) in [5, 5.41) is 3.25. The van der Waals surface area contributed by atoms with Gasteiger partial charge in [-0.05, 0) is 31.7 Å². The van der Waals surface area contributed by atoms with Crippen molar-refractivity contribution in [1.82, 2.24) is 10.2 Å². The molecule has 4 nitrogen and oxygen atoms in total. The molecule has 0 radical (unpaired) electrons. The predicted molar refractivity (Wildman–Crippen MR) is 110 cm³/mol. The fraction of sp³-hybridized carbons (Fsp3) is 0.632. The number of hydrogen-bond donors (Lipinski definition) is 2. The van der Waals surface area contributed by atoms with Crippen molar-refractivity contribution >= 4 is 30.7 Å². The minimum Gasteiger partial charge on any atom is -0.352 e. The number of carbonyl (C=O) groups is 1. The van der Waals surface area contributed by atoms with E-state index in [1.165, 1.54) is 5.56 Å². The molecular formula is C19H33Cl2N3O. The second kappa shape index (κ2) is 11.0. The number of likely N-dealkylation sites (tertiary alicyclic amines) is 1. The van der Waals surface area contributed by atoms with Gasteiger partial charge in [0.2, 0.25) is 5.91 Å². The van der Waals surface area contributed by atoms with E-state index in [9.17, 15) is 4.79 Å². The van der Waals surface area contributed by atoms with Gasteiger partial charge in [0.1, 0.15) is 0 Å². The van der Waals surface area contributed by atoms with E-state index < -0.39 is 5.41 Å². The summed E-state index contributed by atoms with van der Waals surface area (Å²) in [5.74, 6) is 0.129. The van der Waals surface area contributed by atoms with Crippen LogP contribution in [0.15, 0.2) is 30.3 Å². The molecule has 0 aliphatic carbocycles. The molecule has 25 heavy (non-hydrogen) atoms. The zero-order valence-corrected chi connectivity index (χ0v) is 17.2. The number of carbonyl (C=O) groups excluding carboxylic acids is 1. The molecule has 0 bridgehead atoms. The molecule has 0 saturated carbocycles. The number of benzene rings is 1. The Labute approximate surface area is 164 Å². The van der Waals surface area contributed by atoms with Gasteiger partial charge in [-0.15, -0.1) is 24.8 Å². The third-order valence-electron chi connectivity index (χ3n) is 5.61. The molecular weight excluding hydrogens is 357 g/mol. The van der Waals surface area contributed by atoms with Crippen LogP contribution in [0.2, 0.25) is 0 Å². The monoisotopic (exact) mass is 389 g/mol. The Morgan fingerprint density at radius 3 is 2.40 bits per heavy atom.